The zero-order chi connectivity index (χ0) is 24.2. The van der Waals surface area contributed by atoms with Gasteiger partial charge in [-0.05, 0) is 48.2 Å². The van der Waals surface area contributed by atoms with Crippen LogP contribution in [0.3, 0.4) is 0 Å². The average Bonchev–Trinajstić information content (AvgIpc) is 3.30. The molecule has 182 valence electrons. The van der Waals surface area contributed by atoms with E-state index in [1.165, 1.54) is 7.11 Å². The smallest absolute Gasteiger partial charge is 0.203 e. The van der Waals surface area contributed by atoms with Gasteiger partial charge in [0.05, 0.1) is 47.3 Å². The number of benzene rings is 2. The normalized spacial score (nSPS) is 18.1. The lowest BCUT2D eigenvalue weighted by Gasteiger charge is -2.20. The first-order valence-electron chi connectivity index (χ1n) is 10.4. The predicted octanol–water partition coefficient (Wildman–Crippen LogP) is 3.09. The molecule has 1 N–H and O–H groups in total. The van der Waals surface area contributed by atoms with Gasteiger partial charge in [0.2, 0.25) is 5.75 Å². The van der Waals surface area contributed by atoms with Crippen LogP contribution in [0.2, 0.25) is 0 Å². The molecule has 0 radical (unpaired) electrons. The molecule has 0 bridgehead atoms. The Labute approximate surface area is 194 Å². The van der Waals surface area contributed by atoms with Crippen LogP contribution in [0.4, 0.5) is 0 Å². The maximum Gasteiger partial charge on any atom is 0.203 e. The van der Waals surface area contributed by atoms with E-state index < -0.39 is 9.84 Å². The maximum absolute atomic E-state index is 12.5. The minimum atomic E-state index is -3.63. The Morgan fingerprint density at radius 2 is 1.33 bits per heavy atom. The van der Waals surface area contributed by atoms with Crippen molar-refractivity contribution in [2.45, 2.75) is 29.9 Å². The lowest BCUT2D eigenvalue weighted by Crippen LogP contribution is -2.10. The first-order valence-corrected chi connectivity index (χ1v) is 12.3. The second kappa shape index (κ2) is 10.5. The van der Waals surface area contributed by atoms with Crippen molar-refractivity contribution in [3.05, 3.63) is 35.4 Å². The molecule has 0 spiro atoms. The first kappa shape index (κ1) is 24.9. The van der Waals surface area contributed by atoms with Crippen molar-refractivity contribution < 1.29 is 41.9 Å². The molecule has 0 aromatic heterocycles. The Morgan fingerprint density at radius 1 is 0.848 bits per heavy atom. The van der Waals surface area contributed by atoms with Gasteiger partial charge >= 0.3 is 0 Å². The third-order valence-electron chi connectivity index (χ3n) is 5.45. The first-order chi connectivity index (χ1) is 15.8. The summed E-state index contributed by atoms with van der Waals surface area (Å²) < 4.78 is 58.4. The van der Waals surface area contributed by atoms with E-state index in [2.05, 4.69) is 0 Å². The summed E-state index contributed by atoms with van der Waals surface area (Å²) in [5.74, 6) is 1.91. The number of methoxy groups -OCH3 is 4. The summed E-state index contributed by atoms with van der Waals surface area (Å²) in [5, 5.41) is 9.10. The second-order valence-corrected chi connectivity index (χ2v) is 9.53. The summed E-state index contributed by atoms with van der Waals surface area (Å²) in [7, 11) is 2.46. The fourth-order valence-corrected chi connectivity index (χ4v) is 4.76. The monoisotopic (exact) mass is 482 g/mol. The van der Waals surface area contributed by atoms with E-state index in [4.69, 9.17) is 33.5 Å². The average molecular weight is 483 g/mol. The van der Waals surface area contributed by atoms with Crippen LogP contribution in [0.5, 0.6) is 28.7 Å². The van der Waals surface area contributed by atoms with Crippen molar-refractivity contribution in [3.8, 4) is 28.7 Å². The standard InChI is InChI=1S/C23H30O9S/c1-27-18-10-14(11-19(28-2)22(18)30-4)16-6-7-17(32-16)15-12-20(29-3)23(31-9-8-24)21(13-15)33(5,25)26/h10-13,16-17,24H,6-9H2,1-5H3/t16-,17-/m1/s1. The van der Waals surface area contributed by atoms with Crippen molar-refractivity contribution in [1.29, 1.82) is 0 Å². The van der Waals surface area contributed by atoms with E-state index in [9.17, 15) is 8.42 Å². The van der Waals surface area contributed by atoms with E-state index in [1.807, 2.05) is 12.1 Å². The van der Waals surface area contributed by atoms with Crippen LogP contribution in [-0.4, -0.2) is 61.4 Å². The fourth-order valence-electron chi connectivity index (χ4n) is 3.91. The number of ether oxygens (including phenoxy) is 6. The molecule has 1 saturated heterocycles. The zero-order valence-electron chi connectivity index (χ0n) is 19.4. The predicted molar refractivity (Wildman–Crippen MR) is 121 cm³/mol. The van der Waals surface area contributed by atoms with Gasteiger partial charge in [-0.15, -0.1) is 0 Å². The summed E-state index contributed by atoms with van der Waals surface area (Å²) in [4.78, 5) is -0.00913. The van der Waals surface area contributed by atoms with Gasteiger partial charge < -0.3 is 33.5 Å². The van der Waals surface area contributed by atoms with Crippen molar-refractivity contribution in [2.75, 3.05) is 47.9 Å². The molecule has 0 amide bonds. The number of aliphatic hydroxyl groups is 1. The van der Waals surface area contributed by atoms with Gasteiger partial charge in [0, 0.05) is 6.26 Å². The lowest BCUT2D eigenvalue weighted by molar-refractivity contribution is 0.0435. The van der Waals surface area contributed by atoms with Gasteiger partial charge in [-0.25, -0.2) is 8.42 Å². The highest BCUT2D eigenvalue weighted by atomic mass is 32.2. The van der Waals surface area contributed by atoms with E-state index in [0.717, 1.165) is 11.8 Å². The Bertz CT molecular complexity index is 1060. The minimum absolute atomic E-state index is 0.00913. The lowest BCUT2D eigenvalue weighted by atomic mass is 10.0. The molecule has 1 aliphatic rings. The number of hydrogen-bond donors (Lipinski definition) is 1. The van der Waals surface area contributed by atoms with Crippen LogP contribution < -0.4 is 23.7 Å². The number of sulfone groups is 1. The highest BCUT2D eigenvalue weighted by Gasteiger charge is 2.32. The van der Waals surface area contributed by atoms with E-state index in [1.54, 1.807) is 33.5 Å². The highest BCUT2D eigenvalue weighted by molar-refractivity contribution is 7.90. The molecule has 2 aromatic carbocycles. The Morgan fingerprint density at radius 3 is 1.76 bits per heavy atom. The molecule has 9 nitrogen and oxygen atoms in total. The Hall–Kier alpha value is -2.69. The third-order valence-corrected chi connectivity index (χ3v) is 6.55. The van der Waals surface area contributed by atoms with Crippen molar-refractivity contribution in [1.82, 2.24) is 0 Å². The molecule has 3 rings (SSSR count). The van der Waals surface area contributed by atoms with Crippen molar-refractivity contribution in [2.24, 2.45) is 0 Å². The van der Waals surface area contributed by atoms with Gasteiger partial charge in [-0.1, -0.05) is 0 Å². The van der Waals surface area contributed by atoms with Crippen LogP contribution in [-0.2, 0) is 14.6 Å². The number of rotatable bonds is 10. The van der Waals surface area contributed by atoms with Crippen LogP contribution in [0.15, 0.2) is 29.2 Å². The van der Waals surface area contributed by atoms with Crippen molar-refractivity contribution in [3.63, 3.8) is 0 Å². The Balaban J connectivity index is 1.95. The molecular weight excluding hydrogens is 452 g/mol. The van der Waals surface area contributed by atoms with Gasteiger partial charge in [-0.3, -0.25) is 0 Å². The second-order valence-electron chi connectivity index (χ2n) is 7.54. The fraction of sp³-hybridized carbons (Fsp3) is 0.478. The third kappa shape index (κ3) is 5.29. The van der Waals surface area contributed by atoms with Gasteiger partial charge in [0.1, 0.15) is 11.5 Å². The SMILES string of the molecule is COc1cc([C@H]2CC[C@H](c3cc(OC)c(OCCO)c(S(C)(=O)=O)c3)O2)cc(OC)c1OC. The molecule has 0 saturated carbocycles. The molecule has 2 aromatic rings. The molecule has 0 unspecified atom stereocenters. The van der Waals surface area contributed by atoms with Crippen LogP contribution in [0.25, 0.3) is 0 Å². The van der Waals surface area contributed by atoms with E-state index >= 15 is 0 Å². The molecule has 33 heavy (non-hydrogen) atoms. The van der Waals surface area contributed by atoms with Crippen LogP contribution in [0.1, 0.15) is 36.2 Å². The molecular formula is C23H30O9S. The molecule has 0 aliphatic carbocycles. The van der Waals surface area contributed by atoms with Gasteiger partial charge in [0.25, 0.3) is 0 Å². The van der Waals surface area contributed by atoms with Gasteiger partial charge in [-0.2, -0.15) is 0 Å². The topological polar surface area (TPSA) is 110 Å². The summed E-state index contributed by atoms with van der Waals surface area (Å²) in [5.41, 5.74) is 1.53. The van der Waals surface area contributed by atoms with Crippen LogP contribution in [0, 0.1) is 0 Å². The van der Waals surface area contributed by atoms with Gasteiger partial charge in [0.15, 0.2) is 32.8 Å². The quantitative estimate of drug-likeness (QED) is 0.546. The summed E-state index contributed by atoms with van der Waals surface area (Å²) in [6, 6.07) is 6.96. The molecule has 1 fully saturated rings. The highest BCUT2D eigenvalue weighted by Crippen LogP contribution is 2.47. The maximum atomic E-state index is 12.5. The Kier molecular flexibility index (Phi) is 7.93. The zero-order valence-corrected chi connectivity index (χ0v) is 20.2. The summed E-state index contributed by atoms with van der Waals surface area (Å²) in [6.07, 6.45) is 1.88. The molecule has 2 atom stereocenters. The number of hydrogen-bond acceptors (Lipinski definition) is 9. The molecule has 1 aliphatic heterocycles. The number of aliphatic hydroxyl groups excluding tert-OH is 1. The van der Waals surface area contributed by atoms with Crippen molar-refractivity contribution >= 4 is 9.84 Å². The molecule has 10 heteroatoms. The largest absolute Gasteiger partial charge is 0.493 e. The van der Waals surface area contributed by atoms with Crippen LogP contribution >= 0.6 is 0 Å². The van der Waals surface area contributed by atoms with E-state index in [0.29, 0.717) is 35.7 Å². The summed E-state index contributed by atoms with van der Waals surface area (Å²) in [6.45, 7) is -0.308. The minimum Gasteiger partial charge on any atom is -0.493 e. The molecule has 1 heterocycles. The summed E-state index contributed by atoms with van der Waals surface area (Å²) >= 11 is 0. The van der Waals surface area contributed by atoms with E-state index in [-0.39, 0.29) is 41.8 Å².